The molecule has 0 radical (unpaired) electrons. The zero-order chi connectivity index (χ0) is 12.0. The first-order valence-electron chi connectivity index (χ1n) is 5.09. The summed E-state index contributed by atoms with van der Waals surface area (Å²) in [6.45, 7) is 3.25. The highest BCUT2D eigenvalue weighted by Gasteiger charge is 2.07. The first-order valence-corrected chi connectivity index (χ1v) is 6.68. The van der Waals surface area contributed by atoms with Crippen molar-refractivity contribution in [1.29, 1.82) is 0 Å². The van der Waals surface area contributed by atoms with Crippen LogP contribution in [0.5, 0.6) is 0 Å². The lowest BCUT2D eigenvalue weighted by atomic mass is 10.3. The second-order valence-electron chi connectivity index (χ2n) is 3.32. The van der Waals surface area contributed by atoms with E-state index in [0.717, 1.165) is 27.6 Å². The van der Waals surface area contributed by atoms with Gasteiger partial charge in [0.25, 0.3) is 0 Å². The van der Waals surface area contributed by atoms with Gasteiger partial charge in [-0.25, -0.2) is 0 Å². The molecule has 5 heteroatoms. The molecule has 0 aliphatic heterocycles. The largest absolute Gasteiger partial charge is 0.323 e. The van der Waals surface area contributed by atoms with Crippen LogP contribution in [0, 0.1) is 0 Å². The molecule has 0 aliphatic rings. The maximum absolute atomic E-state index is 11.6. The van der Waals surface area contributed by atoms with Crippen LogP contribution in [0.4, 0.5) is 5.69 Å². The predicted molar refractivity (Wildman–Crippen MR) is 73.6 cm³/mol. The van der Waals surface area contributed by atoms with Crippen molar-refractivity contribution in [2.45, 2.75) is 13.3 Å². The Hall–Kier alpha value is -0.390. The predicted octanol–water partition coefficient (Wildman–Crippen LogP) is 3.15. The van der Waals surface area contributed by atoms with Crippen molar-refractivity contribution in [1.82, 2.24) is 5.32 Å². The van der Waals surface area contributed by atoms with Crippen LogP contribution in [-0.2, 0) is 4.79 Å². The van der Waals surface area contributed by atoms with Gasteiger partial charge in [-0.15, -0.1) is 0 Å². The van der Waals surface area contributed by atoms with Gasteiger partial charge >= 0.3 is 0 Å². The fourth-order valence-electron chi connectivity index (χ4n) is 1.18. The van der Waals surface area contributed by atoms with Gasteiger partial charge in [0.15, 0.2) is 0 Å². The van der Waals surface area contributed by atoms with E-state index >= 15 is 0 Å². The number of halogens is 2. The van der Waals surface area contributed by atoms with Crippen molar-refractivity contribution in [3.8, 4) is 0 Å². The summed E-state index contributed by atoms with van der Waals surface area (Å²) < 4.78 is 1.73. The molecule has 0 saturated heterocycles. The number of amides is 1. The average molecular weight is 350 g/mol. The standard InChI is InChI=1S/C11H14Br2N2O/c1-2-6-14-7-10(16)15-11-8(12)4-3-5-9(11)13/h3-5,14H,2,6-7H2,1H3,(H,15,16). The van der Waals surface area contributed by atoms with Gasteiger partial charge in [-0.1, -0.05) is 13.0 Å². The third-order valence-electron chi connectivity index (χ3n) is 1.94. The van der Waals surface area contributed by atoms with E-state index in [1.807, 2.05) is 18.2 Å². The number of hydrogen-bond acceptors (Lipinski definition) is 2. The molecule has 0 aromatic heterocycles. The monoisotopic (exact) mass is 348 g/mol. The summed E-state index contributed by atoms with van der Waals surface area (Å²) in [5, 5.41) is 5.89. The SMILES string of the molecule is CCCNCC(=O)Nc1c(Br)cccc1Br. The van der Waals surface area contributed by atoms with E-state index in [1.54, 1.807) is 0 Å². The molecule has 16 heavy (non-hydrogen) atoms. The maximum atomic E-state index is 11.6. The van der Waals surface area contributed by atoms with Gasteiger partial charge in [0.05, 0.1) is 12.2 Å². The number of benzene rings is 1. The highest BCUT2D eigenvalue weighted by molar-refractivity contribution is 9.11. The Bertz CT molecular complexity index is 349. The zero-order valence-corrected chi connectivity index (χ0v) is 12.2. The Morgan fingerprint density at radius 1 is 1.31 bits per heavy atom. The molecule has 2 N–H and O–H groups in total. The van der Waals surface area contributed by atoms with Gasteiger partial charge in [0, 0.05) is 8.95 Å². The van der Waals surface area contributed by atoms with Crippen LogP contribution in [0.15, 0.2) is 27.1 Å². The van der Waals surface area contributed by atoms with Crippen LogP contribution < -0.4 is 10.6 Å². The molecule has 1 rings (SSSR count). The van der Waals surface area contributed by atoms with Crippen molar-refractivity contribution < 1.29 is 4.79 Å². The highest BCUT2D eigenvalue weighted by Crippen LogP contribution is 2.30. The lowest BCUT2D eigenvalue weighted by molar-refractivity contribution is -0.115. The second-order valence-corrected chi connectivity index (χ2v) is 5.03. The molecule has 0 fully saturated rings. The molecule has 0 unspecified atom stereocenters. The van der Waals surface area contributed by atoms with Crippen LogP contribution in [0.2, 0.25) is 0 Å². The summed E-state index contributed by atoms with van der Waals surface area (Å²) in [5.74, 6) is -0.0407. The molecule has 0 saturated carbocycles. The number of nitrogens with one attached hydrogen (secondary N) is 2. The number of para-hydroxylation sites is 1. The molecule has 1 aromatic rings. The van der Waals surface area contributed by atoms with E-state index in [4.69, 9.17) is 0 Å². The molecule has 88 valence electrons. The van der Waals surface area contributed by atoms with Gasteiger partial charge in [-0.3, -0.25) is 4.79 Å². The molecule has 0 bridgehead atoms. The van der Waals surface area contributed by atoms with Gasteiger partial charge in [0.2, 0.25) is 5.91 Å². The Morgan fingerprint density at radius 3 is 2.50 bits per heavy atom. The first kappa shape index (κ1) is 13.7. The Balaban J connectivity index is 2.56. The minimum absolute atomic E-state index is 0.0407. The summed E-state index contributed by atoms with van der Waals surface area (Å²) >= 11 is 6.78. The van der Waals surface area contributed by atoms with Crippen molar-refractivity contribution in [2.75, 3.05) is 18.4 Å². The van der Waals surface area contributed by atoms with Gasteiger partial charge in [-0.2, -0.15) is 0 Å². The topological polar surface area (TPSA) is 41.1 Å². The Labute approximate surface area is 112 Å². The third kappa shape index (κ3) is 4.23. The van der Waals surface area contributed by atoms with Gasteiger partial charge in [0.1, 0.15) is 0 Å². The average Bonchev–Trinajstić information content (AvgIpc) is 2.24. The fraction of sp³-hybridized carbons (Fsp3) is 0.364. The smallest absolute Gasteiger partial charge is 0.238 e. The van der Waals surface area contributed by atoms with Crippen molar-refractivity contribution in [3.63, 3.8) is 0 Å². The van der Waals surface area contributed by atoms with E-state index in [-0.39, 0.29) is 5.91 Å². The van der Waals surface area contributed by atoms with Crippen LogP contribution >= 0.6 is 31.9 Å². The second kappa shape index (κ2) is 7.04. The molecule has 3 nitrogen and oxygen atoms in total. The van der Waals surface area contributed by atoms with Crippen molar-refractivity contribution in [2.24, 2.45) is 0 Å². The van der Waals surface area contributed by atoms with Gasteiger partial charge < -0.3 is 10.6 Å². The molecule has 1 aromatic carbocycles. The number of rotatable bonds is 5. The van der Waals surface area contributed by atoms with E-state index in [0.29, 0.717) is 6.54 Å². The molecule has 0 heterocycles. The minimum Gasteiger partial charge on any atom is -0.323 e. The number of carbonyl (C=O) groups excluding carboxylic acids is 1. The summed E-state index contributed by atoms with van der Waals surface area (Å²) in [6, 6.07) is 5.68. The lowest BCUT2D eigenvalue weighted by Crippen LogP contribution is -2.28. The quantitative estimate of drug-likeness (QED) is 0.802. The molecule has 0 aliphatic carbocycles. The molecule has 1 amide bonds. The van der Waals surface area contributed by atoms with Gasteiger partial charge in [-0.05, 0) is 57.0 Å². The van der Waals surface area contributed by atoms with E-state index in [9.17, 15) is 4.79 Å². The van der Waals surface area contributed by atoms with Crippen LogP contribution in [0.1, 0.15) is 13.3 Å². The van der Waals surface area contributed by atoms with E-state index < -0.39 is 0 Å². The minimum atomic E-state index is -0.0407. The Kier molecular flexibility index (Phi) is 6.01. The van der Waals surface area contributed by atoms with Crippen molar-refractivity contribution >= 4 is 43.5 Å². The third-order valence-corrected chi connectivity index (χ3v) is 3.26. The van der Waals surface area contributed by atoms with Crippen LogP contribution in [0.3, 0.4) is 0 Å². The Morgan fingerprint density at radius 2 is 1.94 bits per heavy atom. The molecular weight excluding hydrogens is 336 g/mol. The highest BCUT2D eigenvalue weighted by atomic mass is 79.9. The number of hydrogen-bond donors (Lipinski definition) is 2. The normalized spacial score (nSPS) is 10.2. The zero-order valence-electron chi connectivity index (χ0n) is 9.02. The van der Waals surface area contributed by atoms with E-state index in [2.05, 4.69) is 49.4 Å². The first-order chi connectivity index (χ1) is 7.65. The van der Waals surface area contributed by atoms with Crippen LogP contribution in [-0.4, -0.2) is 19.0 Å². The fourth-order valence-corrected chi connectivity index (χ4v) is 2.38. The van der Waals surface area contributed by atoms with Crippen LogP contribution in [0.25, 0.3) is 0 Å². The number of anilines is 1. The summed E-state index contributed by atoms with van der Waals surface area (Å²) in [6.07, 6.45) is 1.02. The summed E-state index contributed by atoms with van der Waals surface area (Å²) in [5.41, 5.74) is 0.769. The molecule has 0 atom stereocenters. The molecular formula is C11H14Br2N2O. The van der Waals surface area contributed by atoms with E-state index in [1.165, 1.54) is 0 Å². The summed E-state index contributed by atoms with van der Waals surface area (Å²) in [7, 11) is 0. The number of carbonyl (C=O) groups is 1. The summed E-state index contributed by atoms with van der Waals surface area (Å²) in [4.78, 5) is 11.6. The lowest BCUT2D eigenvalue weighted by Gasteiger charge is -2.09. The van der Waals surface area contributed by atoms with Crippen molar-refractivity contribution in [3.05, 3.63) is 27.1 Å². The maximum Gasteiger partial charge on any atom is 0.238 e. The molecule has 0 spiro atoms.